The quantitative estimate of drug-likeness (QED) is 0.775. The number of hydrogen-bond donors (Lipinski definition) is 2. The topological polar surface area (TPSA) is 84.5 Å². The van der Waals surface area contributed by atoms with Gasteiger partial charge < -0.3 is 10.1 Å². The third-order valence-corrected chi connectivity index (χ3v) is 5.36. The molecular formula is C16H16Cl2N2O4S. The highest BCUT2D eigenvalue weighted by Crippen LogP contribution is 2.27. The van der Waals surface area contributed by atoms with Crippen molar-refractivity contribution in [1.29, 1.82) is 0 Å². The Hall–Kier alpha value is -1.80. The minimum atomic E-state index is -3.92. The zero-order chi connectivity index (χ0) is 18.6. The Bertz CT molecular complexity index is 870. The fourth-order valence-corrected chi connectivity index (χ4v) is 3.63. The SMILES string of the molecule is COc1ccc(S(=O)(=O)N[C@@H](C)C(=O)Nc2ccc(Cl)cc2)cc1Cl. The lowest BCUT2D eigenvalue weighted by Crippen LogP contribution is -2.41. The smallest absolute Gasteiger partial charge is 0.242 e. The Labute approximate surface area is 156 Å². The van der Waals surface area contributed by atoms with Crippen LogP contribution in [0.4, 0.5) is 5.69 Å². The van der Waals surface area contributed by atoms with E-state index in [1.807, 2.05) is 0 Å². The molecule has 2 N–H and O–H groups in total. The molecule has 0 bridgehead atoms. The van der Waals surface area contributed by atoms with E-state index in [9.17, 15) is 13.2 Å². The summed E-state index contributed by atoms with van der Waals surface area (Å²) in [6, 6.07) is 9.51. The number of anilines is 1. The van der Waals surface area contributed by atoms with Gasteiger partial charge in [-0.05, 0) is 49.4 Å². The van der Waals surface area contributed by atoms with Crippen molar-refractivity contribution < 1.29 is 17.9 Å². The van der Waals surface area contributed by atoms with Crippen LogP contribution in [0.5, 0.6) is 5.75 Å². The van der Waals surface area contributed by atoms with E-state index in [0.29, 0.717) is 16.5 Å². The Kier molecular flexibility index (Phi) is 6.29. The summed E-state index contributed by atoms with van der Waals surface area (Å²) in [5.74, 6) is -0.153. The first-order valence-corrected chi connectivity index (χ1v) is 9.39. The van der Waals surface area contributed by atoms with Crippen LogP contribution in [0.3, 0.4) is 0 Å². The standard InChI is InChI=1S/C16H16Cl2N2O4S/c1-10(16(21)19-12-5-3-11(17)4-6-12)20-25(22,23)13-7-8-15(24-2)14(18)9-13/h3-10,20H,1-2H3,(H,19,21)/t10-/m0/s1. The second kappa shape index (κ2) is 8.05. The van der Waals surface area contributed by atoms with Crippen molar-refractivity contribution in [3.8, 4) is 5.75 Å². The Balaban J connectivity index is 2.09. The molecule has 1 amide bonds. The zero-order valence-corrected chi connectivity index (χ0v) is 15.7. The molecule has 0 radical (unpaired) electrons. The van der Waals surface area contributed by atoms with Crippen LogP contribution in [0, 0.1) is 0 Å². The van der Waals surface area contributed by atoms with Crippen LogP contribution in [0.2, 0.25) is 10.0 Å². The molecule has 0 heterocycles. The number of amides is 1. The summed E-state index contributed by atoms with van der Waals surface area (Å²) in [7, 11) is -2.50. The van der Waals surface area contributed by atoms with Gasteiger partial charge in [0, 0.05) is 10.7 Å². The van der Waals surface area contributed by atoms with E-state index >= 15 is 0 Å². The van der Waals surface area contributed by atoms with Gasteiger partial charge in [0.2, 0.25) is 15.9 Å². The summed E-state index contributed by atoms with van der Waals surface area (Å²) < 4.78 is 32.1. The second-order valence-corrected chi connectivity index (χ2v) is 7.69. The van der Waals surface area contributed by atoms with Crippen LogP contribution in [0.25, 0.3) is 0 Å². The molecule has 0 aliphatic carbocycles. The van der Waals surface area contributed by atoms with E-state index in [4.69, 9.17) is 27.9 Å². The van der Waals surface area contributed by atoms with Crippen LogP contribution in [-0.4, -0.2) is 27.5 Å². The number of halogens is 2. The molecule has 0 aromatic heterocycles. The number of sulfonamides is 1. The molecule has 0 aliphatic rings. The first-order chi connectivity index (χ1) is 11.7. The van der Waals surface area contributed by atoms with E-state index in [1.54, 1.807) is 24.3 Å². The van der Waals surface area contributed by atoms with E-state index in [1.165, 1.54) is 32.2 Å². The number of rotatable bonds is 6. The van der Waals surface area contributed by atoms with Crippen molar-refractivity contribution in [2.45, 2.75) is 17.9 Å². The maximum absolute atomic E-state index is 12.4. The predicted molar refractivity (Wildman–Crippen MR) is 97.9 cm³/mol. The third kappa shape index (κ3) is 5.09. The molecule has 2 aromatic rings. The highest BCUT2D eigenvalue weighted by molar-refractivity contribution is 7.89. The molecule has 9 heteroatoms. The van der Waals surface area contributed by atoms with Gasteiger partial charge >= 0.3 is 0 Å². The number of hydrogen-bond acceptors (Lipinski definition) is 4. The maximum Gasteiger partial charge on any atom is 0.242 e. The van der Waals surface area contributed by atoms with Gasteiger partial charge in [-0.25, -0.2) is 8.42 Å². The first kappa shape index (κ1) is 19.5. The first-order valence-electron chi connectivity index (χ1n) is 7.15. The van der Waals surface area contributed by atoms with Crippen molar-refractivity contribution >= 4 is 44.8 Å². The van der Waals surface area contributed by atoms with Crippen LogP contribution >= 0.6 is 23.2 Å². The van der Waals surface area contributed by atoms with Gasteiger partial charge in [0.05, 0.1) is 23.1 Å². The molecule has 0 saturated carbocycles. The van der Waals surface area contributed by atoms with E-state index in [-0.39, 0.29) is 9.92 Å². The van der Waals surface area contributed by atoms with Crippen LogP contribution < -0.4 is 14.8 Å². The van der Waals surface area contributed by atoms with Gasteiger partial charge in [0.15, 0.2) is 0 Å². The lowest BCUT2D eigenvalue weighted by molar-refractivity contribution is -0.117. The number of ether oxygens (including phenoxy) is 1. The normalized spacial score (nSPS) is 12.5. The summed E-state index contributed by atoms with van der Waals surface area (Å²) in [5.41, 5.74) is 0.507. The van der Waals surface area contributed by atoms with Gasteiger partial charge in [0.1, 0.15) is 5.75 Å². The van der Waals surface area contributed by atoms with Gasteiger partial charge in [-0.15, -0.1) is 0 Å². The molecule has 0 fully saturated rings. The third-order valence-electron chi connectivity index (χ3n) is 3.27. The second-order valence-electron chi connectivity index (χ2n) is 5.14. The average Bonchev–Trinajstić information content (AvgIpc) is 2.56. The van der Waals surface area contributed by atoms with Crippen molar-refractivity contribution in [2.24, 2.45) is 0 Å². The summed E-state index contributed by atoms with van der Waals surface area (Å²) in [6.07, 6.45) is 0. The average molecular weight is 403 g/mol. The molecule has 0 unspecified atom stereocenters. The summed E-state index contributed by atoms with van der Waals surface area (Å²) >= 11 is 11.7. The molecule has 6 nitrogen and oxygen atoms in total. The molecule has 2 aromatic carbocycles. The molecule has 0 aliphatic heterocycles. The number of carbonyl (C=O) groups excluding carboxylic acids is 1. The molecule has 2 rings (SSSR count). The van der Waals surface area contributed by atoms with Crippen LogP contribution in [0.15, 0.2) is 47.4 Å². The van der Waals surface area contributed by atoms with E-state index in [2.05, 4.69) is 10.0 Å². The Morgan fingerprint density at radius 3 is 2.32 bits per heavy atom. The summed E-state index contributed by atoms with van der Waals surface area (Å²) in [4.78, 5) is 12.1. The maximum atomic E-state index is 12.4. The number of nitrogens with one attached hydrogen (secondary N) is 2. The van der Waals surface area contributed by atoms with E-state index in [0.717, 1.165) is 0 Å². The van der Waals surface area contributed by atoms with E-state index < -0.39 is 22.0 Å². The molecule has 134 valence electrons. The fraction of sp³-hybridized carbons (Fsp3) is 0.188. The molecule has 25 heavy (non-hydrogen) atoms. The lowest BCUT2D eigenvalue weighted by atomic mass is 10.3. The minimum absolute atomic E-state index is 0.0653. The van der Waals surface area contributed by atoms with Gasteiger partial charge in [0.25, 0.3) is 0 Å². The zero-order valence-electron chi connectivity index (χ0n) is 13.4. The van der Waals surface area contributed by atoms with Crippen molar-refractivity contribution in [2.75, 3.05) is 12.4 Å². The lowest BCUT2D eigenvalue weighted by Gasteiger charge is -2.15. The summed E-state index contributed by atoms with van der Waals surface area (Å²) in [6.45, 7) is 1.44. The highest BCUT2D eigenvalue weighted by Gasteiger charge is 2.23. The molecular weight excluding hydrogens is 387 g/mol. The largest absolute Gasteiger partial charge is 0.495 e. The number of benzene rings is 2. The van der Waals surface area contributed by atoms with Crippen LogP contribution in [-0.2, 0) is 14.8 Å². The van der Waals surface area contributed by atoms with Crippen molar-refractivity contribution in [3.05, 3.63) is 52.5 Å². The molecule has 1 atom stereocenters. The van der Waals surface area contributed by atoms with Gasteiger partial charge in [-0.3, -0.25) is 4.79 Å². The molecule has 0 saturated heterocycles. The van der Waals surface area contributed by atoms with Gasteiger partial charge in [-0.1, -0.05) is 23.2 Å². The monoisotopic (exact) mass is 402 g/mol. The molecule has 0 spiro atoms. The predicted octanol–water partition coefficient (Wildman–Crippen LogP) is 3.31. The van der Waals surface area contributed by atoms with Crippen LogP contribution in [0.1, 0.15) is 6.92 Å². The van der Waals surface area contributed by atoms with Crippen molar-refractivity contribution in [1.82, 2.24) is 4.72 Å². The van der Waals surface area contributed by atoms with Gasteiger partial charge in [-0.2, -0.15) is 4.72 Å². The highest BCUT2D eigenvalue weighted by atomic mass is 35.5. The minimum Gasteiger partial charge on any atom is -0.495 e. The Morgan fingerprint density at radius 2 is 1.76 bits per heavy atom. The van der Waals surface area contributed by atoms with Crippen molar-refractivity contribution in [3.63, 3.8) is 0 Å². The summed E-state index contributed by atoms with van der Waals surface area (Å²) in [5, 5.41) is 3.29. The number of carbonyl (C=O) groups is 1. The fourth-order valence-electron chi connectivity index (χ4n) is 1.95. The number of methoxy groups -OCH3 is 1. The Morgan fingerprint density at radius 1 is 1.12 bits per heavy atom.